The molecule has 24 heavy (non-hydrogen) atoms. The number of sulfone groups is 1. The molecule has 1 heterocycles. The van der Waals surface area contributed by atoms with Gasteiger partial charge in [-0.15, -0.1) is 0 Å². The Kier molecular flexibility index (Phi) is 4.36. The van der Waals surface area contributed by atoms with Crippen molar-refractivity contribution in [2.45, 2.75) is 37.0 Å². The molecule has 0 bridgehead atoms. The number of aryl methyl sites for hydroxylation is 1. The minimum Gasteiger partial charge on any atom is -0.310 e. The highest BCUT2D eigenvalue weighted by Gasteiger charge is 2.26. The molecule has 1 N–H and O–H groups in total. The van der Waals surface area contributed by atoms with Gasteiger partial charge in [0.25, 0.3) is 0 Å². The maximum atomic E-state index is 12.3. The fraction of sp³-hybridized carbons (Fsp3) is 0.353. The number of aromatic nitrogens is 2. The van der Waals surface area contributed by atoms with Gasteiger partial charge in [0, 0.05) is 23.9 Å². The van der Waals surface area contributed by atoms with Gasteiger partial charge < -0.3 is 5.32 Å². The zero-order valence-electron chi connectivity index (χ0n) is 13.6. The number of benzene rings is 1. The third kappa shape index (κ3) is 3.97. The lowest BCUT2D eigenvalue weighted by Crippen LogP contribution is -2.17. The van der Waals surface area contributed by atoms with Crippen molar-refractivity contribution >= 4 is 21.6 Å². The number of hydrogen-bond acceptors (Lipinski definition) is 5. The van der Waals surface area contributed by atoms with E-state index in [1.165, 1.54) is 6.07 Å². The Morgan fingerprint density at radius 3 is 2.62 bits per heavy atom. The third-order valence-corrected chi connectivity index (χ3v) is 5.04. The van der Waals surface area contributed by atoms with Crippen molar-refractivity contribution in [2.75, 3.05) is 11.6 Å². The fourth-order valence-electron chi connectivity index (χ4n) is 2.61. The van der Waals surface area contributed by atoms with Gasteiger partial charge in [0.05, 0.1) is 11.3 Å². The first-order chi connectivity index (χ1) is 11.3. The van der Waals surface area contributed by atoms with Crippen molar-refractivity contribution in [3.8, 4) is 0 Å². The molecule has 1 amide bonds. The molecule has 1 aromatic carbocycles. The molecule has 1 aliphatic rings. The molecule has 1 fully saturated rings. The van der Waals surface area contributed by atoms with Crippen LogP contribution in [0.5, 0.6) is 0 Å². The van der Waals surface area contributed by atoms with Gasteiger partial charge in [0.1, 0.15) is 11.6 Å². The van der Waals surface area contributed by atoms with Crippen LogP contribution in [-0.2, 0) is 21.1 Å². The Labute approximate surface area is 141 Å². The van der Waals surface area contributed by atoms with E-state index in [0.29, 0.717) is 23.1 Å². The fourth-order valence-corrected chi connectivity index (χ4v) is 3.56. The summed E-state index contributed by atoms with van der Waals surface area (Å²) >= 11 is 0. The molecule has 0 radical (unpaired) electrons. The monoisotopic (exact) mass is 345 g/mol. The summed E-state index contributed by atoms with van der Waals surface area (Å²) in [5.74, 6) is 1.25. The highest BCUT2D eigenvalue weighted by molar-refractivity contribution is 7.90. The summed E-state index contributed by atoms with van der Waals surface area (Å²) in [6, 6.07) is 8.32. The van der Waals surface area contributed by atoms with Crippen molar-refractivity contribution in [1.82, 2.24) is 9.97 Å². The molecule has 6 nitrogen and oxygen atoms in total. The Morgan fingerprint density at radius 1 is 1.25 bits per heavy atom. The molecule has 126 valence electrons. The minimum absolute atomic E-state index is 0.0228. The predicted molar refractivity (Wildman–Crippen MR) is 90.6 cm³/mol. The third-order valence-electron chi connectivity index (χ3n) is 3.84. The second kappa shape index (κ2) is 6.32. The van der Waals surface area contributed by atoms with Crippen molar-refractivity contribution in [2.24, 2.45) is 0 Å². The molecule has 0 unspecified atom stereocenters. The van der Waals surface area contributed by atoms with Gasteiger partial charge in [-0.05, 0) is 31.4 Å². The van der Waals surface area contributed by atoms with E-state index in [2.05, 4.69) is 15.3 Å². The van der Waals surface area contributed by atoms with Crippen molar-refractivity contribution in [3.05, 3.63) is 47.4 Å². The van der Waals surface area contributed by atoms with Crippen molar-refractivity contribution in [1.29, 1.82) is 0 Å². The second-order valence-corrected chi connectivity index (χ2v) is 8.09. The largest absolute Gasteiger partial charge is 0.310 e. The smallest absolute Gasteiger partial charge is 0.229 e. The summed E-state index contributed by atoms with van der Waals surface area (Å²) in [5, 5.41) is 2.75. The van der Waals surface area contributed by atoms with E-state index in [9.17, 15) is 13.2 Å². The number of carbonyl (C=O) groups excluding carboxylic acids is 1. The molecule has 0 spiro atoms. The van der Waals surface area contributed by atoms with Gasteiger partial charge in [0.2, 0.25) is 5.91 Å². The molecule has 0 saturated heterocycles. The number of hydrogen-bond donors (Lipinski definition) is 1. The van der Waals surface area contributed by atoms with E-state index in [-0.39, 0.29) is 17.2 Å². The maximum Gasteiger partial charge on any atom is 0.229 e. The first-order valence-corrected chi connectivity index (χ1v) is 9.65. The summed E-state index contributed by atoms with van der Waals surface area (Å²) in [4.78, 5) is 21.1. The maximum absolute atomic E-state index is 12.3. The van der Waals surface area contributed by atoms with Crippen molar-refractivity contribution in [3.63, 3.8) is 0 Å². The van der Waals surface area contributed by atoms with Gasteiger partial charge in [-0.1, -0.05) is 18.2 Å². The Morgan fingerprint density at radius 2 is 1.96 bits per heavy atom. The molecule has 0 atom stereocenters. The minimum atomic E-state index is -3.37. The molecular weight excluding hydrogens is 326 g/mol. The van der Waals surface area contributed by atoms with Gasteiger partial charge in [-0.2, -0.15) is 0 Å². The summed E-state index contributed by atoms with van der Waals surface area (Å²) in [6.07, 6.45) is 3.35. The number of anilines is 1. The van der Waals surface area contributed by atoms with E-state index in [4.69, 9.17) is 0 Å². The second-order valence-electron chi connectivity index (χ2n) is 6.10. The van der Waals surface area contributed by atoms with Gasteiger partial charge in [-0.25, -0.2) is 18.4 Å². The first-order valence-electron chi connectivity index (χ1n) is 7.76. The van der Waals surface area contributed by atoms with Crippen LogP contribution in [0.4, 0.5) is 5.82 Å². The Bertz CT molecular complexity index is 890. The molecule has 1 aliphatic carbocycles. The number of carbonyl (C=O) groups is 1. The molecule has 0 aliphatic heterocycles. The molecular formula is C17H19N3O3S. The van der Waals surface area contributed by atoms with Crippen LogP contribution in [0.1, 0.15) is 35.8 Å². The van der Waals surface area contributed by atoms with Gasteiger partial charge in [-0.3, -0.25) is 4.79 Å². The standard InChI is InChI=1S/C17H19N3O3S/c1-11-18-14(12-7-8-12)10-16(19-11)20-17(21)9-13-5-3-4-6-15(13)24(2,22)23/h3-6,10,12H,7-9H2,1-2H3,(H,18,19,20,21). The van der Waals surface area contributed by atoms with Crippen LogP contribution in [-0.4, -0.2) is 30.5 Å². The van der Waals surface area contributed by atoms with Crippen LogP contribution in [0.15, 0.2) is 35.2 Å². The number of amides is 1. The summed E-state index contributed by atoms with van der Waals surface area (Å²) in [7, 11) is -3.37. The van der Waals surface area contributed by atoms with Crippen LogP contribution in [0, 0.1) is 6.92 Å². The SMILES string of the molecule is Cc1nc(NC(=O)Cc2ccccc2S(C)(=O)=O)cc(C2CC2)n1. The summed E-state index contributed by atoms with van der Waals surface area (Å²) in [6.45, 7) is 1.79. The van der Waals surface area contributed by atoms with E-state index in [1.54, 1.807) is 31.2 Å². The van der Waals surface area contributed by atoms with Crippen LogP contribution >= 0.6 is 0 Å². The average molecular weight is 345 g/mol. The lowest BCUT2D eigenvalue weighted by atomic mass is 10.1. The molecule has 1 saturated carbocycles. The van der Waals surface area contributed by atoms with Crippen LogP contribution < -0.4 is 5.32 Å². The van der Waals surface area contributed by atoms with Gasteiger partial charge in [0.15, 0.2) is 9.84 Å². The quantitative estimate of drug-likeness (QED) is 0.898. The Hall–Kier alpha value is -2.28. The molecule has 3 rings (SSSR count). The lowest BCUT2D eigenvalue weighted by molar-refractivity contribution is -0.115. The topological polar surface area (TPSA) is 89.0 Å². The zero-order chi connectivity index (χ0) is 17.3. The average Bonchev–Trinajstić information content (AvgIpc) is 3.30. The normalized spacial score (nSPS) is 14.4. The first kappa shape index (κ1) is 16.6. The van der Waals surface area contributed by atoms with E-state index < -0.39 is 9.84 Å². The predicted octanol–water partition coefficient (Wildman–Crippen LogP) is 2.25. The van der Waals surface area contributed by atoms with Gasteiger partial charge >= 0.3 is 0 Å². The molecule has 2 aromatic rings. The van der Waals surface area contributed by atoms with Crippen LogP contribution in [0.3, 0.4) is 0 Å². The van der Waals surface area contributed by atoms with Crippen LogP contribution in [0.2, 0.25) is 0 Å². The van der Waals surface area contributed by atoms with Crippen molar-refractivity contribution < 1.29 is 13.2 Å². The van der Waals surface area contributed by atoms with Crippen LogP contribution in [0.25, 0.3) is 0 Å². The van der Waals surface area contributed by atoms with E-state index >= 15 is 0 Å². The summed E-state index contributed by atoms with van der Waals surface area (Å²) < 4.78 is 23.6. The highest BCUT2D eigenvalue weighted by Crippen LogP contribution is 2.39. The van der Waals surface area contributed by atoms with E-state index in [0.717, 1.165) is 24.8 Å². The lowest BCUT2D eigenvalue weighted by Gasteiger charge is -2.09. The molecule has 7 heteroatoms. The summed E-state index contributed by atoms with van der Waals surface area (Å²) in [5.41, 5.74) is 1.43. The number of nitrogens with one attached hydrogen (secondary N) is 1. The number of rotatable bonds is 5. The Balaban J connectivity index is 1.77. The highest BCUT2D eigenvalue weighted by atomic mass is 32.2. The number of nitrogens with zero attached hydrogens (tertiary/aromatic N) is 2. The molecule has 1 aromatic heterocycles. The zero-order valence-corrected chi connectivity index (χ0v) is 14.4. The van der Waals surface area contributed by atoms with E-state index in [1.807, 2.05) is 0 Å².